The Kier molecular flexibility index (Phi) is 19.6. The van der Waals surface area contributed by atoms with Gasteiger partial charge in [0.05, 0.1) is 12.2 Å². The van der Waals surface area contributed by atoms with E-state index in [-0.39, 0.29) is 23.6 Å². The summed E-state index contributed by atoms with van der Waals surface area (Å²) in [4.78, 5) is 33.0. The lowest BCUT2D eigenvalue weighted by molar-refractivity contribution is -0.147. The highest BCUT2D eigenvalue weighted by molar-refractivity contribution is 7.28. The van der Waals surface area contributed by atoms with E-state index in [2.05, 4.69) is 209 Å². The van der Waals surface area contributed by atoms with Gasteiger partial charge in [0.2, 0.25) is 0 Å². The first-order valence-electron chi connectivity index (χ1n) is 27.7. The number of hydrogen-bond acceptors (Lipinski definition) is 8. The maximum absolute atomic E-state index is 13.1. The number of nitrogens with zero attached hydrogens (tertiary/aromatic N) is 2. The lowest BCUT2D eigenvalue weighted by Gasteiger charge is -2.26. The summed E-state index contributed by atoms with van der Waals surface area (Å²) < 4.78 is 14.1. The summed E-state index contributed by atoms with van der Waals surface area (Å²) in [7, 11) is 0. The monoisotopic (exact) mass is 1040 g/mol. The van der Waals surface area contributed by atoms with Gasteiger partial charge in [0, 0.05) is 71.5 Å². The van der Waals surface area contributed by atoms with Crippen molar-refractivity contribution in [2.45, 2.75) is 143 Å². The van der Waals surface area contributed by atoms with Crippen molar-refractivity contribution in [2.75, 3.05) is 23.0 Å². The number of hydrogen-bond donors (Lipinski definition) is 0. The number of fused-ring (bicyclic) bond motifs is 2. The molecule has 0 bridgehead atoms. The molecule has 0 aliphatic rings. The van der Waals surface area contributed by atoms with Crippen LogP contribution in [0.4, 0.5) is 34.1 Å². The summed E-state index contributed by atoms with van der Waals surface area (Å²) >= 11 is 3.67. The standard InChI is InChI=1S/C67H78N2O4S2/c1-7-9-11-12-20-43-67(5,6)73-45-44-72-65(71)41-32-51-30-35-57(36-31-51)69(55-25-17-14-18-26-55)59-38-40-61-53(47-59)49-63(75-61)62-48-52-46-58(37-39-60(52)74-62)68(54-23-15-13-16-24-54)56-33-28-50(29-34-56)22-21-27-64(70)66(3,4)42-19-10-8-2/h13-18,23-26,28-31,33-40,46-49H,7-12,19-22,27,32,41-45H2,1-6H3. The zero-order chi connectivity index (χ0) is 52.6. The third-order valence-electron chi connectivity index (χ3n) is 14.5. The maximum atomic E-state index is 13.1. The molecule has 8 rings (SSSR count). The highest BCUT2D eigenvalue weighted by Gasteiger charge is 2.26. The van der Waals surface area contributed by atoms with Crippen LogP contribution in [0.3, 0.4) is 0 Å². The van der Waals surface area contributed by atoms with E-state index in [9.17, 15) is 9.59 Å². The van der Waals surface area contributed by atoms with Crippen molar-refractivity contribution in [3.05, 3.63) is 169 Å². The fourth-order valence-corrected chi connectivity index (χ4v) is 12.2. The van der Waals surface area contributed by atoms with E-state index in [0.29, 0.717) is 31.7 Å². The molecule has 392 valence electrons. The van der Waals surface area contributed by atoms with Crippen molar-refractivity contribution in [1.82, 2.24) is 0 Å². The first kappa shape index (κ1) is 55.2. The van der Waals surface area contributed by atoms with Gasteiger partial charge in [0.1, 0.15) is 12.4 Å². The first-order valence-corrected chi connectivity index (χ1v) is 29.3. The molecule has 0 amide bonds. The zero-order valence-corrected chi connectivity index (χ0v) is 47.0. The van der Waals surface area contributed by atoms with E-state index in [4.69, 9.17) is 9.47 Å². The van der Waals surface area contributed by atoms with Gasteiger partial charge in [0.15, 0.2) is 0 Å². The van der Waals surface area contributed by atoms with E-state index in [0.717, 1.165) is 78.2 Å². The van der Waals surface area contributed by atoms with Crippen LogP contribution in [0.5, 0.6) is 0 Å². The average molecular weight is 1040 g/mol. The summed E-state index contributed by atoms with van der Waals surface area (Å²) in [5, 5.41) is 2.42. The minimum absolute atomic E-state index is 0.197. The number of carbonyl (C=O) groups excluding carboxylic acids is 2. The fourth-order valence-electron chi connectivity index (χ4n) is 10.0. The molecule has 6 nitrogen and oxygen atoms in total. The average Bonchev–Trinajstić information content (AvgIpc) is 4.05. The summed E-state index contributed by atoms with van der Waals surface area (Å²) in [6.45, 7) is 13.6. The van der Waals surface area contributed by atoms with Crippen LogP contribution in [0.15, 0.2) is 158 Å². The molecule has 0 aliphatic carbocycles. The van der Waals surface area contributed by atoms with Crippen LogP contribution in [0, 0.1) is 5.41 Å². The van der Waals surface area contributed by atoms with Gasteiger partial charge >= 0.3 is 5.97 Å². The number of Topliss-reactive ketones (excluding diaryl/α,β-unsaturated/α-hetero) is 1. The van der Waals surface area contributed by atoms with E-state index >= 15 is 0 Å². The Labute approximate surface area is 455 Å². The number of ketones is 1. The fraction of sp³-hybridized carbons (Fsp3) is 0.373. The third-order valence-corrected chi connectivity index (χ3v) is 17.0. The summed E-state index contributed by atoms with van der Waals surface area (Å²) in [5.74, 6) is 0.190. The van der Waals surface area contributed by atoms with Crippen LogP contribution in [-0.4, -0.2) is 30.6 Å². The molecule has 6 aromatic carbocycles. The number of esters is 1. The Morgan fingerprint density at radius 1 is 0.467 bits per heavy atom. The summed E-state index contributed by atoms with van der Waals surface area (Å²) in [5.41, 5.74) is 8.42. The van der Waals surface area contributed by atoms with Crippen molar-refractivity contribution < 1.29 is 19.1 Å². The van der Waals surface area contributed by atoms with Gasteiger partial charge < -0.3 is 19.3 Å². The molecule has 0 saturated heterocycles. The van der Waals surface area contributed by atoms with Crippen LogP contribution < -0.4 is 9.80 Å². The molecule has 0 atom stereocenters. The topological polar surface area (TPSA) is 59.1 Å². The molecule has 0 unspecified atom stereocenters. The third kappa shape index (κ3) is 15.3. The van der Waals surface area contributed by atoms with Gasteiger partial charge in [-0.15, -0.1) is 22.7 Å². The Morgan fingerprint density at radius 3 is 1.47 bits per heavy atom. The number of thiophene rings is 2. The molecule has 2 aromatic heterocycles. The number of aryl methyl sites for hydroxylation is 2. The van der Waals surface area contributed by atoms with E-state index < -0.39 is 0 Å². The van der Waals surface area contributed by atoms with Gasteiger partial charge in [-0.05, 0) is 165 Å². The van der Waals surface area contributed by atoms with Crippen LogP contribution >= 0.6 is 22.7 Å². The molecule has 0 N–H and O–H groups in total. The molecule has 2 heterocycles. The van der Waals surface area contributed by atoms with E-state index in [1.54, 1.807) is 0 Å². The van der Waals surface area contributed by atoms with Crippen molar-refractivity contribution in [3.8, 4) is 9.75 Å². The second-order valence-electron chi connectivity index (χ2n) is 21.5. The molecule has 75 heavy (non-hydrogen) atoms. The van der Waals surface area contributed by atoms with Gasteiger partial charge in [-0.25, -0.2) is 0 Å². The number of para-hydroxylation sites is 2. The lowest BCUT2D eigenvalue weighted by Crippen LogP contribution is -2.26. The number of ether oxygens (including phenoxy) is 2. The molecular formula is C67H78N2O4S2. The number of benzene rings is 6. The Bertz CT molecular complexity index is 3050. The number of rotatable bonds is 29. The van der Waals surface area contributed by atoms with Crippen molar-refractivity contribution in [3.63, 3.8) is 0 Å². The second-order valence-corrected chi connectivity index (χ2v) is 23.6. The summed E-state index contributed by atoms with van der Waals surface area (Å²) in [6, 6.07) is 56.8. The predicted octanol–water partition coefficient (Wildman–Crippen LogP) is 19.9. The van der Waals surface area contributed by atoms with E-state index in [1.165, 1.54) is 74.0 Å². The highest BCUT2D eigenvalue weighted by atomic mass is 32.1. The van der Waals surface area contributed by atoms with Gasteiger partial charge in [-0.2, -0.15) is 0 Å². The Balaban J connectivity index is 0.927. The predicted molar refractivity (Wildman–Crippen MR) is 321 cm³/mol. The summed E-state index contributed by atoms with van der Waals surface area (Å²) in [6.07, 6.45) is 15.0. The van der Waals surface area contributed by atoms with Crippen molar-refractivity contribution >= 4 is 88.7 Å². The molecule has 0 fully saturated rings. The quantitative estimate of drug-likeness (QED) is 0.0344. The smallest absolute Gasteiger partial charge is 0.306 e. The normalized spacial score (nSPS) is 11.9. The molecule has 0 aliphatic heterocycles. The molecule has 0 spiro atoms. The van der Waals surface area contributed by atoms with Gasteiger partial charge in [-0.1, -0.05) is 140 Å². The van der Waals surface area contributed by atoms with Crippen LogP contribution in [0.25, 0.3) is 29.9 Å². The molecule has 0 radical (unpaired) electrons. The lowest BCUT2D eigenvalue weighted by atomic mass is 9.80. The minimum Gasteiger partial charge on any atom is -0.463 e. The SMILES string of the molecule is CCCCCCCC(C)(C)OCCOC(=O)CCc1ccc(N(c2ccccc2)c2ccc3sc(-c4cc5cc(N(c6ccccc6)c6ccc(CCCC(=O)C(C)(C)CCCCC)cc6)ccc5s4)cc3c2)cc1. The highest BCUT2D eigenvalue weighted by Crippen LogP contribution is 2.45. The van der Waals surface area contributed by atoms with Crippen molar-refractivity contribution in [2.24, 2.45) is 5.41 Å². The number of carbonyl (C=O) groups is 2. The maximum Gasteiger partial charge on any atom is 0.306 e. The number of anilines is 6. The molecule has 8 aromatic rings. The molecular weight excluding hydrogens is 961 g/mol. The molecule has 8 heteroatoms. The largest absolute Gasteiger partial charge is 0.463 e. The zero-order valence-electron chi connectivity index (χ0n) is 45.4. The minimum atomic E-state index is -0.243. The second kappa shape index (κ2) is 26.6. The Morgan fingerprint density at radius 2 is 0.933 bits per heavy atom. The number of unbranched alkanes of at least 4 members (excludes halogenated alkanes) is 6. The Hall–Kier alpha value is -6.06. The van der Waals surface area contributed by atoms with Crippen LogP contribution in [0.1, 0.15) is 136 Å². The molecule has 0 saturated carbocycles. The van der Waals surface area contributed by atoms with Crippen LogP contribution in [-0.2, 0) is 31.9 Å². The van der Waals surface area contributed by atoms with E-state index in [1.807, 2.05) is 22.7 Å². The van der Waals surface area contributed by atoms with Crippen molar-refractivity contribution in [1.29, 1.82) is 0 Å². The van der Waals surface area contributed by atoms with Crippen LogP contribution in [0.2, 0.25) is 0 Å². The first-order chi connectivity index (χ1) is 36.4. The van der Waals surface area contributed by atoms with Gasteiger partial charge in [0.25, 0.3) is 0 Å². The van der Waals surface area contributed by atoms with Gasteiger partial charge in [-0.3, -0.25) is 9.59 Å².